The molecule has 1 aliphatic carbocycles. The maximum atomic E-state index is 13.9. The summed E-state index contributed by atoms with van der Waals surface area (Å²) in [5.41, 5.74) is 1.31. The van der Waals surface area contributed by atoms with Crippen LogP contribution in [-0.4, -0.2) is 62.9 Å². The molecule has 1 saturated carbocycles. The number of nitrogens with one attached hydrogen (secondary N) is 1. The van der Waals surface area contributed by atoms with E-state index in [4.69, 9.17) is 4.74 Å². The molecule has 0 radical (unpaired) electrons. The van der Waals surface area contributed by atoms with E-state index in [0.29, 0.717) is 30.2 Å². The fraction of sp³-hybridized carbons (Fsp3) is 0.700. The van der Waals surface area contributed by atoms with Gasteiger partial charge in [-0.2, -0.15) is 0 Å². The first-order chi connectivity index (χ1) is 18.6. The first-order valence-electron chi connectivity index (χ1n) is 14.9. The number of aliphatic hydroxyl groups excluding tert-OH is 1. The Bertz CT molecular complexity index is 1130. The minimum Gasteiger partial charge on any atom is -0.464 e. The molecule has 3 aliphatic rings. The maximum Gasteiger partial charge on any atom is 0.331 e. The molecule has 5 rings (SSSR count). The Morgan fingerprint density at radius 1 is 1.03 bits per heavy atom. The smallest absolute Gasteiger partial charge is 0.331 e. The molecular weight excluding hydrogens is 480 g/mol. The lowest BCUT2D eigenvalue weighted by molar-refractivity contribution is -0.145. The molecule has 1 aromatic heterocycles. The minimum atomic E-state index is -1.03. The van der Waals surface area contributed by atoms with Crippen molar-refractivity contribution in [3.8, 4) is 0 Å². The van der Waals surface area contributed by atoms with Crippen LogP contribution in [0.25, 0.3) is 11.0 Å². The lowest BCUT2D eigenvalue weighted by atomic mass is 9.89. The van der Waals surface area contributed by atoms with E-state index in [1.165, 1.54) is 57.8 Å². The highest BCUT2D eigenvalue weighted by molar-refractivity contribution is 5.80. The van der Waals surface area contributed by atoms with Crippen LogP contribution in [0.15, 0.2) is 29.1 Å². The van der Waals surface area contributed by atoms with Crippen LogP contribution in [0, 0.1) is 0 Å². The molecule has 2 N–H and O–H groups in total. The molecule has 38 heavy (non-hydrogen) atoms. The van der Waals surface area contributed by atoms with Crippen molar-refractivity contribution in [2.45, 2.75) is 121 Å². The van der Waals surface area contributed by atoms with Crippen LogP contribution in [0.5, 0.6) is 0 Å². The summed E-state index contributed by atoms with van der Waals surface area (Å²) in [5.74, 6) is -0.461. The lowest BCUT2D eigenvalue weighted by Crippen LogP contribution is -2.50. The normalized spacial score (nSPS) is 25.6. The number of fused-ring (bicyclic) bond motifs is 3. The highest BCUT2D eigenvalue weighted by Gasteiger charge is 2.44. The molecule has 0 spiro atoms. The molecule has 2 aliphatic heterocycles. The van der Waals surface area contributed by atoms with Crippen molar-refractivity contribution >= 4 is 22.8 Å². The number of aliphatic hydroxyl groups is 1. The van der Waals surface area contributed by atoms with Crippen molar-refractivity contribution in [3.63, 3.8) is 0 Å². The number of hydrogen-bond acceptors (Lipinski definition) is 7. The third kappa shape index (κ3) is 5.76. The Morgan fingerprint density at radius 2 is 1.71 bits per heavy atom. The van der Waals surface area contributed by atoms with Gasteiger partial charge in [0, 0.05) is 24.2 Å². The quantitative estimate of drug-likeness (QED) is 0.359. The van der Waals surface area contributed by atoms with Gasteiger partial charge >= 0.3 is 5.97 Å². The topological polar surface area (TPSA) is 96.7 Å². The van der Waals surface area contributed by atoms with Gasteiger partial charge in [0.05, 0.1) is 24.2 Å². The fourth-order valence-electron chi connectivity index (χ4n) is 7.10. The summed E-state index contributed by atoms with van der Waals surface area (Å²) in [5, 5.41) is 12.8. The summed E-state index contributed by atoms with van der Waals surface area (Å²) >= 11 is 0. The number of anilines is 1. The predicted molar refractivity (Wildman–Crippen MR) is 149 cm³/mol. The van der Waals surface area contributed by atoms with Gasteiger partial charge in [-0.25, -0.2) is 9.78 Å². The van der Waals surface area contributed by atoms with Crippen LogP contribution in [0.2, 0.25) is 0 Å². The maximum absolute atomic E-state index is 13.9. The number of benzene rings is 1. The van der Waals surface area contributed by atoms with E-state index in [2.05, 4.69) is 15.2 Å². The van der Waals surface area contributed by atoms with E-state index in [0.717, 1.165) is 31.2 Å². The lowest BCUT2D eigenvalue weighted by Gasteiger charge is -2.45. The van der Waals surface area contributed by atoms with Gasteiger partial charge in [-0.15, -0.1) is 0 Å². The Kier molecular flexibility index (Phi) is 9.00. The van der Waals surface area contributed by atoms with E-state index in [9.17, 15) is 14.7 Å². The van der Waals surface area contributed by atoms with E-state index in [-0.39, 0.29) is 17.4 Å². The second-order valence-corrected chi connectivity index (χ2v) is 11.5. The largest absolute Gasteiger partial charge is 0.464 e. The third-order valence-electron chi connectivity index (χ3n) is 8.94. The van der Waals surface area contributed by atoms with Crippen LogP contribution in [-0.2, 0) is 9.53 Å². The summed E-state index contributed by atoms with van der Waals surface area (Å²) in [4.78, 5) is 33.9. The number of piperidine rings is 1. The van der Waals surface area contributed by atoms with Crippen molar-refractivity contribution in [2.75, 3.05) is 18.5 Å². The van der Waals surface area contributed by atoms with Gasteiger partial charge < -0.3 is 19.7 Å². The molecule has 0 amide bonds. The Morgan fingerprint density at radius 3 is 2.39 bits per heavy atom. The van der Waals surface area contributed by atoms with Gasteiger partial charge in [-0.1, -0.05) is 57.6 Å². The summed E-state index contributed by atoms with van der Waals surface area (Å²) in [6, 6.07) is 8.50. The van der Waals surface area contributed by atoms with Gasteiger partial charge in [0.25, 0.3) is 5.56 Å². The Balaban J connectivity index is 1.40. The van der Waals surface area contributed by atoms with Crippen molar-refractivity contribution in [1.29, 1.82) is 0 Å². The zero-order chi connectivity index (χ0) is 26.5. The summed E-state index contributed by atoms with van der Waals surface area (Å²) < 4.78 is 7.22. The number of esters is 1. The predicted octanol–water partition coefficient (Wildman–Crippen LogP) is 4.79. The average molecular weight is 525 g/mol. The highest BCUT2D eigenvalue weighted by Crippen LogP contribution is 2.44. The van der Waals surface area contributed by atoms with Crippen LogP contribution >= 0.6 is 0 Å². The summed E-state index contributed by atoms with van der Waals surface area (Å²) in [6.45, 7) is 1.85. The van der Waals surface area contributed by atoms with Crippen molar-refractivity contribution < 1.29 is 14.6 Å². The van der Waals surface area contributed by atoms with Gasteiger partial charge in [0.1, 0.15) is 6.04 Å². The second kappa shape index (κ2) is 12.6. The van der Waals surface area contributed by atoms with Crippen molar-refractivity contribution in [2.24, 2.45) is 0 Å². The molecule has 0 unspecified atom stereocenters. The van der Waals surface area contributed by atoms with E-state index < -0.39 is 18.6 Å². The number of aromatic nitrogens is 2. The molecule has 8 nitrogen and oxygen atoms in total. The van der Waals surface area contributed by atoms with Crippen molar-refractivity contribution in [3.05, 3.63) is 34.6 Å². The number of unbranched alkanes of at least 4 members (excludes halogenated alkanes) is 1. The minimum absolute atomic E-state index is 0.0855. The van der Waals surface area contributed by atoms with Crippen LogP contribution in [0.3, 0.4) is 0 Å². The van der Waals surface area contributed by atoms with Crippen LogP contribution in [0.1, 0.15) is 96.4 Å². The molecule has 3 heterocycles. The van der Waals surface area contributed by atoms with Gasteiger partial charge in [-0.05, 0) is 57.1 Å². The third-order valence-corrected chi connectivity index (χ3v) is 8.94. The monoisotopic (exact) mass is 524 g/mol. The SMILES string of the molecule is CCCCOC(=O)[C@H](CO)Nc1nc2ccccc2n([C@@H]2C[C@H]3CC[C@@H](C2)N3C2CCCCCCC2)c1=O. The molecule has 208 valence electrons. The number of rotatable bonds is 9. The Labute approximate surface area is 225 Å². The number of para-hydroxylation sites is 2. The first-order valence-corrected chi connectivity index (χ1v) is 14.9. The van der Waals surface area contributed by atoms with Gasteiger partial charge in [0.2, 0.25) is 0 Å². The number of nitrogens with zero attached hydrogens (tertiary/aromatic N) is 3. The number of hydrogen-bond donors (Lipinski definition) is 2. The molecule has 8 heteroatoms. The zero-order valence-electron chi connectivity index (χ0n) is 22.8. The molecule has 3 fully saturated rings. The van der Waals surface area contributed by atoms with E-state index in [1.54, 1.807) is 0 Å². The standard InChI is InChI=1S/C30H44N4O4/c1-2-3-17-38-30(37)26(20-35)32-28-29(36)34(27-14-10-9-13-25(27)31-28)24-18-22-15-16-23(19-24)33(22)21-11-7-5-4-6-8-12-21/h9-10,13-14,21-24,26,35H,2-8,11-12,15-20H2,1H3,(H,31,32)/t22-,23+,24-,26-/m0/s1. The summed E-state index contributed by atoms with van der Waals surface area (Å²) in [7, 11) is 0. The summed E-state index contributed by atoms with van der Waals surface area (Å²) in [6.07, 6.45) is 15.4. The van der Waals surface area contributed by atoms with Crippen molar-refractivity contribution in [1.82, 2.24) is 14.5 Å². The first kappa shape index (κ1) is 27.1. The van der Waals surface area contributed by atoms with Gasteiger partial charge in [0.15, 0.2) is 5.82 Å². The number of carbonyl (C=O) groups excluding carboxylic acids is 1. The van der Waals surface area contributed by atoms with Crippen LogP contribution < -0.4 is 10.9 Å². The number of carbonyl (C=O) groups is 1. The zero-order valence-corrected chi connectivity index (χ0v) is 22.8. The second-order valence-electron chi connectivity index (χ2n) is 11.5. The highest BCUT2D eigenvalue weighted by atomic mass is 16.5. The number of ether oxygens (including phenoxy) is 1. The van der Waals surface area contributed by atoms with Crippen LogP contribution in [0.4, 0.5) is 5.82 Å². The average Bonchev–Trinajstić information content (AvgIpc) is 3.16. The molecule has 2 aromatic rings. The Hall–Kier alpha value is -2.45. The molecule has 4 atom stereocenters. The molecule has 2 saturated heterocycles. The fourth-order valence-corrected chi connectivity index (χ4v) is 7.10. The molecule has 1 aromatic carbocycles. The van der Waals surface area contributed by atoms with Gasteiger partial charge in [-0.3, -0.25) is 9.69 Å². The molecule has 2 bridgehead atoms. The molecular formula is C30H44N4O4. The van der Waals surface area contributed by atoms with E-state index >= 15 is 0 Å². The van der Waals surface area contributed by atoms with E-state index in [1.807, 2.05) is 35.8 Å².